The van der Waals surface area contributed by atoms with Gasteiger partial charge >= 0.3 is 0 Å². The van der Waals surface area contributed by atoms with E-state index in [1.165, 1.54) is 15.6 Å². The number of nitrogens with zero attached hydrogens (tertiary/aromatic N) is 2. The third-order valence-electron chi connectivity index (χ3n) is 5.88. The number of thioether (sulfide) groups is 1. The van der Waals surface area contributed by atoms with Gasteiger partial charge in [-0.3, -0.25) is 4.79 Å². The Hall–Kier alpha value is -2.40. The minimum Gasteiger partial charge on any atom is -0.494 e. The summed E-state index contributed by atoms with van der Waals surface area (Å²) in [6, 6.07) is 14.7. The van der Waals surface area contributed by atoms with E-state index in [0.717, 1.165) is 28.3 Å². The lowest BCUT2D eigenvalue weighted by Crippen LogP contribution is -2.41. The summed E-state index contributed by atoms with van der Waals surface area (Å²) in [5, 5.41) is 5.37. The number of sulfonamides is 1. The van der Waals surface area contributed by atoms with Crippen molar-refractivity contribution in [1.82, 2.24) is 9.29 Å². The summed E-state index contributed by atoms with van der Waals surface area (Å²) in [6.45, 7) is 3.39. The van der Waals surface area contributed by atoms with Gasteiger partial charge in [-0.1, -0.05) is 6.92 Å². The van der Waals surface area contributed by atoms with Crippen LogP contribution in [0, 0.1) is 5.92 Å². The first-order valence-corrected chi connectivity index (χ1v) is 15.1. The fraction of sp³-hybridized carbons (Fsp3) is 0.360. The number of anilines is 1. The number of piperidine rings is 1. The predicted octanol–water partition coefficient (Wildman–Crippen LogP) is 5.36. The zero-order valence-electron chi connectivity index (χ0n) is 19.8. The van der Waals surface area contributed by atoms with Crippen LogP contribution in [0.2, 0.25) is 0 Å². The number of amides is 1. The lowest BCUT2D eigenvalue weighted by Gasteiger charge is -2.30. The van der Waals surface area contributed by atoms with Crippen molar-refractivity contribution in [2.75, 3.05) is 31.3 Å². The fourth-order valence-electron chi connectivity index (χ4n) is 3.87. The maximum Gasteiger partial charge on any atom is 0.243 e. The summed E-state index contributed by atoms with van der Waals surface area (Å²) in [5.74, 6) is 0.461. The normalized spacial score (nSPS) is 15.1. The van der Waals surface area contributed by atoms with Gasteiger partial charge in [0.25, 0.3) is 0 Å². The van der Waals surface area contributed by atoms with E-state index in [0.29, 0.717) is 42.6 Å². The molecule has 7 nitrogen and oxygen atoms in total. The Labute approximate surface area is 215 Å². The van der Waals surface area contributed by atoms with E-state index >= 15 is 0 Å². The molecule has 10 heteroatoms. The molecule has 0 bridgehead atoms. The predicted molar refractivity (Wildman–Crippen MR) is 142 cm³/mol. The Morgan fingerprint density at radius 2 is 1.83 bits per heavy atom. The molecule has 1 amide bonds. The molecule has 3 aromatic rings. The molecular weight excluding hydrogens is 502 g/mol. The maximum absolute atomic E-state index is 13.0. The van der Waals surface area contributed by atoms with Crippen molar-refractivity contribution in [3.05, 3.63) is 53.9 Å². The summed E-state index contributed by atoms with van der Waals surface area (Å²) in [7, 11) is -3.56. The van der Waals surface area contributed by atoms with Gasteiger partial charge < -0.3 is 10.1 Å². The lowest BCUT2D eigenvalue weighted by molar-refractivity contribution is -0.120. The van der Waals surface area contributed by atoms with Crippen molar-refractivity contribution in [2.45, 2.75) is 36.0 Å². The summed E-state index contributed by atoms with van der Waals surface area (Å²) in [4.78, 5) is 18.7. The van der Waals surface area contributed by atoms with E-state index in [1.807, 2.05) is 48.0 Å². The second-order valence-corrected chi connectivity index (χ2v) is 11.9. The molecule has 35 heavy (non-hydrogen) atoms. The zero-order valence-corrected chi connectivity index (χ0v) is 22.2. The summed E-state index contributed by atoms with van der Waals surface area (Å²) < 4.78 is 33.0. The Bertz CT molecular complexity index is 1230. The van der Waals surface area contributed by atoms with Crippen LogP contribution in [-0.2, 0) is 14.8 Å². The van der Waals surface area contributed by atoms with Crippen LogP contribution >= 0.6 is 23.1 Å². The van der Waals surface area contributed by atoms with Crippen LogP contribution in [0.15, 0.2) is 63.7 Å². The van der Waals surface area contributed by atoms with Crippen LogP contribution in [-0.4, -0.2) is 49.6 Å². The quantitative estimate of drug-likeness (QED) is 0.374. The number of carbonyl (C=O) groups excluding carboxylic acids is 1. The molecule has 1 fully saturated rings. The van der Waals surface area contributed by atoms with E-state index < -0.39 is 10.0 Å². The van der Waals surface area contributed by atoms with Gasteiger partial charge in [0.05, 0.1) is 17.2 Å². The smallest absolute Gasteiger partial charge is 0.243 e. The van der Waals surface area contributed by atoms with Gasteiger partial charge in [0.15, 0.2) is 5.13 Å². The molecule has 1 aliphatic rings. The van der Waals surface area contributed by atoms with E-state index in [1.54, 1.807) is 23.9 Å². The minimum absolute atomic E-state index is 0.115. The molecule has 1 aromatic heterocycles. The van der Waals surface area contributed by atoms with E-state index in [4.69, 9.17) is 4.74 Å². The molecule has 0 unspecified atom stereocenters. The van der Waals surface area contributed by atoms with Gasteiger partial charge in [-0.2, -0.15) is 4.31 Å². The summed E-state index contributed by atoms with van der Waals surface area (Å²) in [5.41, 5.74) is 1.75. The Morgan fingerprint density at radius 1 is 1.14 bits per heavy atom. The number of thiazole rings is 1. The van der Waals surface area contributed by atoms with Crippen LogP contribution in [0.4, 0.5) is 5.13 Å². The van der Waals surface area contributed by atoms with Crippen LogP contribution < -0.4 is 10.1 Å². The van der Waals surface area contributed by atoms with Crippen molar-refractivity contribution >= 4 is 44.2 Å². The van der Waals surface area contributed by atoms with E-state index in [-0.39, 0.29) is 11.8 Å². The minimum atomic E-state index is -3.56. The van der Waals surface area contributed by atoms with Crippen molar-refractivity contribution in [3.8, 4) is 17.0 Å². The van der Waals surface area contributed by atoms with Crippen LogP contribution in [0.3, 0.4) is 0 Å². The Kier molecular flexibility index (Phi) is 8.48. The number of carbonyl (C=O) groups is 1. The standard InChI is InChI=1S/C25H29N3O4S3/c1-3-16-32-20-6-4-18(5-7-20)23-17-34-25(26-23)27-24(29)19-12-14-28(15-13-19)35(30,31)22-10-8-21(33-2)9-11-22/h4-11,17,19H,3,12-16H2,1-2H3,(H,26,27,29). The summed E-state index contributed by atoms with van der Waals surface area (Å²) >= 11 is 2.95. The largest absolute Gasteiger partial charge is 0.494 e. The number of nitrogens with one attached hydrogen (secondary N) is 1. The van der Waals surface area contributed by atoms with Crippen LogP contribution in [0.5, 0.6) is 5.75 Å². The summed E-state index contributed by atoms with van der Waals surface area (Å²) in [6.07, 6.45) is 3.86. The monoisotopic (exact) mass is 531 g/mol. The number of aromatic nitrogens is 1. The van der Waals surface area contributed by atoms with Gasteiger partial charge in [0.1, 0.15) is 5.75 Å². The molecule has 0 saturated carbocycles. The SMILES string of the molecule is CCCOc1ccc(-c2csc(NC(=O)C3CCN(S(=O)(=O)c4ccc(SC)cc4)CC3)n2)cc1. The van der Waals surface area contributed by atoms with E-state index in [2.05, 4.69) is 17.2 Å². The van der Waals surface area contributed by atoms with Crippen molar-refractivity contribution < 1.29 is 17.9 Å². The molecular formula is C25H29N3O4S3. The molecule has 186 valence electrons. The molecule has 1 N–H and O–H groups in total. The average molecular weight is 532 g/mol. The molecule has 0 aliphatic carbocycles. The van der Waals surface area contributed by atoms with E-state index in [9.17, 15) is 13.2 Å². The van der Waals surface area contributed by atoms with Crippen LogP contribution in [0.25, 0.3) is 11.3 Å². The van der Waals surface area contributed by atoms with Gasteiger partial charge in [-0.05, 0) is 74.0 Å². The second-order valence-electron chi connectivity index (χ2n) is 8.25. The molecule has 0 spiro atoms. The fourth-order valence-corrected chi connectivity index (χ4v) is 6.47. The van der Waals surface area contributed by atoms with Crippen molar-refractivity contribution in [3.63, 3.8) is 0 Å². The molecule has 4 rings (SSSR count). The molecule has 1 saturated heterocycles. The first-order chi connectivity index (χ1) is 16.9. The molecule has 0 radical (unpaired) electrons. The van der Waals surface area contributed by atoms with Crippen molar-refractivity contribution in [2.24, 2.45) is 5.92 Å². The number of rotatable bonds is 9. The third-order valence-corrected chi connectivity index (χ3v) is 9.29. The molecule has 2 heterocycles. The lowest BCUT2D eigenvalue weighted by atomic mass is 9.97. The molecule has 2 aromatic carbocycles. The maximum atomic E-state index is 13.0. The van der Waals surface area contributed by atoms with Gasteiger partial charge in [0.2, 0.25) is 15.9 Å². The zero-order chi connectivity index (χ0) is 24.8. The second kappa shape index (κ2) is 11.6. The van der Waals surface area contributed by atoms with Gasteiger partial charge in [0, 0.05) is 34.8 Å². The number of benzene rings is 2. The highest BCUT2D eigenvalue weighted by molar-refractivity contribution is 7.98. The number of ether oxygens (including phenoxy) is 1. The highest BCUT2D eigenvalue weighted by atomic mass is 32.2. The average Bonchev–Trinajstić information content (AvgIpc) is 3.36. The Morgan fingerprint density at radius 3 is 2.46 bits per heavy atom. The molecule has 1 aliphatic heterocycles. The van der Waals surface area contributed by atoms with Crippen LogP contribution in [0.1, 0.15) is 26.2 Å². The Balaban J connectivity index is 1.32. The highest BCUT2D eigenvalue weighted by Crippen LogP contribution is 2.29. The third kappa shape index (κ3) is 6.24. The van der Waals surface area contributed by atoms with Crippen molar-refractivity contribution in [1.29, 1.82) is 0 Å². The first-order valence-electron chi connectivity index (χ1n) is 11.5. The first kappa shape index (κ1) is 25.7. The topological polar surface area (TPSA) is 88.6 Å². The van der Waals surface area contributed by atoms with Gasteiger partial charge in [-0.25, -0.2) is 13.4 Å². The highest BCUT2D eigenvalue weighted by Gasteiger charge is 2.32. The van der Waals surface area contributed by atoms with Gasteiger partial charge in [-0.15, -0.1) is 23.1 Å². The number of hydrogen-bond donors (Lipinski definition) is 1. The number of hydrogen-bond acceptors (Lipinski definition) is 7. The molecule has 0 atom stereocenters.